The fourth-order valence-corrected chi connectivity index (χ4v) is 11.3. The second-order valence-electron chi connectivity index (χ2n) is 27.0. The lowest BCUT2D eigenvalue weighted by molar-refractivity contribution is -0.157. The average Bonchev–Trinajstić information content (AvgIpc) is 3.94. The van der Waals surface area contributed by atoms with Crippen LogP contribution in [0.25, 0.3) is 0 Å². The molecule has 22 heteroatoms. The fraction of sp³-hybridized carbons (Fsp3) is 0.823. The van der Waals surface area contributed by atoms with Gasteiger partial charge in [-0.05, 0) is 86.4 Å². The Labute approximate surface area is 503 Å². The molecule has 0 aromatic rings. The van der Waals surface area contributed by atoms with Crippen LogP contribution in [0.15, 0.2) is 0 Å². The van der Waals surface area contributed by atoms with Crippen LogP contribution >= 0.6 is 0 Å². The van der Waals surface area contributed by atoms with E-state index in [0.29, 0.717) is 13.0 Å². The number of nitrogens with one attached hydrogen (secondary N) is 3. The molecule has 0 saturated carbocycles. The third-order valence-corrected chi connectivity index (χ3v) is 16.7. The molecule has 0 spiro atoms. The van der Waals surface area contributed by atoms with Crippen molar-refractivity contribution in [2.24, 2.45) is 53.3 Å². The maximum atomic E-state index is 15.2. The average molecular weight is 1190 g/mol. The first kappa shape index (κ1) is 74.4. The van der Waals surface area contributed by atoms with Gasteiger partial charge in [-0.1, -0.05) is 111 Å². The van der Waals surface area contributed by atoms with E-state index >= 15 is 9.59 Å². The highest BCUT2D eigenvalue weighted by Gasteiger charge is 2.47. The summed E-state index contributed by atoms with van der Waals surface area (Å²) in [5, 5.41) is 8.56. The molecule has 10 amide bonds. The number of hydrogen-bond donors (Lipinski definition) is 3. The molecule has 2 rings (SSSR count). The summed E-state index contributed by atoms with van der Waals surface area (Å²) in [6, 6.07) is -10.3. The van der Waals surface area contributed by atoms with Gasteiger partial charge >= 0.3 is 0 Å². The third kappa shape index (κ3) is 19.7. The highest BCUT2D eigenvalue weighted by Crippen LogP contribution is 2.29. The Morgan fingerprint density at radius 3 is 1.29 bits per heavy atom. The first-order valence-corrected chi connectivity index (χ1v) is 30.6. The van der Waals surface area contributed by atoms with Gasteiger partial charge in [-0.2, -0.15) is 0 Å². The predicted molar refractivity (Wildman–Crippen MR) is 323 cm³/mol. The zero-order chi connectivity index (χ0) is 64.8. The minimum absolute atomic E-state index is 0.105. The van der Waals surface area contributed by atoms with Crippen molar-refractivity contribution in [1.82, 2.24) is 50.2 Å². The molecule has 0 aromatic heterocycles. The number of hydrogen-bond acceptors (Lipinski definition) is 12. The van der Waals surface area contributed by atoms with Gasteiger partial charge in [0.05, 0.1) is 18.7 Å². The lowest BCUT2D eigenvalue weighted by atomic mass is 9.92. The van der Waals surface area contributed by atoms with Gasteiger partial charge < -0.3 is 55.0 Å². The summed E-state index contributed by atoms with van der Waals surface area (Å²) in [4.78, 5) is 170. The van der Waals surface area contributed by atoms with Crippen LogP contribution in [0, 0.1) is 53.3 Å². The maximum Gasteiger partial charge on any atom is 0.246 e. The molecule has 2 fully saturated rings. The SMILES string of the molecule is CC(C)C[C@@H]1C(=O)N(C)[C@H](CC(C)C)C(=O)N(C)[C@H](C(C)C)C(=O)N(C)[C@H]([C@@H]2OCC[C@H]2C)C(=O)N[C@H](C(C)C)C(=O)N(C)CC(=O)N(C)[C@@H](CC(C)C)C(=O)N[C@H](C(C)C)C(=O)N(C)[C@H](CC(C)C)C(=O)N[C@H](C)C(=O)C[C@@H](C)C(=O)N1C. The van der Waals surface area contributed by atoms with Gasteiger partial charge in [0.15, 0.2) is 5.78 Å². The quantitative estimate of drug-likeness (QED) is 0.250. The van der Waals surface area contributed by atoms with Crippen molar-refractivity contribution in [3.8, 4) is 0 Å². The van der Waals surface area contributed by atoms with E-state index in [-0.39, 0.29) is 61.7 Å². The summed E-state index contributed by atoms with van der Waals surface area (Å²) in [5.74, 6) is -9.56. The minimum Gasteiger partial charge on any atom is -0.375 e. The second-order valence-corrected chi connectivity index (χ2v) is 27.0. The molecule has 480 valence electrons. The number of likely N-dealkylation sites (N-methyl/N-ethyl adjacent to an activating group) is 7. The molecule has 84 heavy (non-hydrogen) atoms. The van der Waals surface area contributed by atoms with Crippen molar-refractivity contribution < 1.29 is 57.5 Å². The van der Waals surface area contributed by atoms with Gasteiger partial charge in [-0.25, -0.2) is 0 Å². The smallest absolute Gasteiger partial charge is 0.246 e. The lowest BCUT2D eigenvalue weighted by Gasteiger charge is -2.41. The number of ether oxygens (including phenoxy) is 1. The number of rotatable bonds is 12. The van der Waals surface area contributed by atoms with Crippen LogP contribution in [0.3, 0.4) is 0 Å². The normalized spacial score (nSPS) is 29.1. The van der Waals surface area contributed by atoms with Gasteiger partial charge in [0, 0.05) is 68.3 Å². The maximum absolute atomic E-state index is 15.2. The standard InChI is InChI=1S/C62H110N10O12/c1-33(2)27-43-55(76)64-50(38(11)12)61(82)68(20)44(28-34(3)4)54(75)63-42(17)47(73)31-41(16)57(78)69(21)45(29-35(5)6)58(79)70(22)46(30-36(7)8)59(80)71(23)51(39(13)14)62(83)72(24)52(53-40(15)25-26-84-53)56(77)65-49(37(9)10)60(81)66(18)32-48(74)67(43)19/h33-46,49-53H,25-32H2,1-24H3,(H,63,75)(H,64,76)(H,65,77)/t40-,41-,42-,43+,44-,45-,46-,49-,50-,51-,52-,53-/m1/s1. The zero-order valence-electron chi connectivity index (χ0n) is 55.7. The Morgan fingerprint density at radius 2 is 0.845 bits per heavy atom. The summed E-state index contributed by atoms with van der Waals surface area (Å²) < 4.78 is 6.19. The molecular weight excluding hydrogens is 1080 g/mol. The monoisotopic (exact) mass is 1190 g/mol. The van der Waals surface area contributed by atoms with Crippen LogP contribution in [0.1, 0.15) is 156 Å². The van der Waals surface area contributed by atoms with Gasteiger partial charge in [0.1, 0.15) is 48.3 Å². The van der Waals surface area contributed by atoms with E-state index in [2.05, 4.69) is 16.0 Å². The van der Waals surface area contributed by atoms with E-state index in [9.17, 15) is 43.2 Å². The molecule has 0 bridgehead atoms. The van der Waals surface area contributed by atoms with Crippen molar-refractivity contribution in [3.05, 3.63) is 0 Å². The molecule has 2 saturated heterocycles. The van der Waals surface area contributed by atoms with Gasteiger partial charge in [-0.15, -0.1) is 0 Å². The summed E-state index contributed by atoms with van der Waals surface area (Å²) >= 11 is 0. The van der Waals surface area contributed by atoms with E-state index in [1.165, 1.54) is 90.6 Å². The molecule has 3 N–H and O–H groups in total. The van der Waals surface area contributed by atoms with Crippen LogP contribution in [0.2, 0.25) is 0 Å². The zero-order valence-corrected chi connectivity index (χ0v) is 55.7. The highest BCUT2D eigenvalue weighted by atomic mass is 16.5. The van der Waals surface area contributed by atoms with E-state index in [1.54, 1.807) is 48.5 Å². The Hall–Kier alpha value is -5.67. The molecule has 0 radical (unpaired) electrons. The van der Waals surface area contributed by atoms with Crippen LogP contribution < -0.4 is 16.0 Å². The van der Waals surface area contributed by atoms with Crippen molar-refractivity contribution in [2.75, 3.05) is 62.5 Å². The van der Waals surface area contributed by atoms with E-state index in [0.717, 1.165) is 0 Å². The molecule has 12 atom stereocenters. The molecule has 2 aliphatic heterocycles. The minimum atomic E-state index is -1.29. The highest BCUT2D eigenvalue weighted by molar-refractivity contribution is 5.99. The Bertz CT molecular complexity index is 2310. The fourth-order valence-electron chi connectivity index (χ4n) is 11.3. The number of amides is 10. The van der Waals surface area contributed by atoms with E-state index < -0.39 is 156 Å². The van der Waals surface area contributed by atoms with Crippen LogP contribution in [0.5, 0.6) is 0 Å². The first-order valence-electron chi connectivity index (χ1n) is 30.6. The second kappa shape index (κ2) is 32.7. The van der Waals surface area contributed by atoms with Gasteiger partial charge in [0.2, 0.25) is 59.1 Å². The Kier molecular flexibility index (Phi) is 29.0. The molecule has 0 aliphatic carbocycles. The van der Waals surface area contributed by atoms with Crippen molar-refractivity contribution in [1.29, 1.82) is 0 Å². The van der Waals surface area contributed by atoms with Crippen molar-refractivity contribution >= 4 is 64.9 Å². The molecule has 2 aliphatic rings. The van der Waals surface area contributed by atoms with Gasteiger partial charge in [-0.3, -0.25) is 52.7 Å². The number of Topliss-reactive ketones (excluding diaryl/α,β-unsaturated/α-hetero) is 1. The third-order valence-electron chi connectivity index (χ3n) is 16.7. The number of carbonyl (C=O) groups is 11. The summed E-state index contributed by atoms with van der Waals surface area (Å²) in [7, 11) is 10.3. The largest absolute Gasteiger partial charge is 0.375 e. The Balaban J connectivity index is 2.95. The number of ketones is 1. The van der Waals surface area contributed by atoms with Crippen molar-refractivity contribution in [3.63, 3.8) is 0 Å². The summed E-state index contributed by atoms with van der Waals surface area (Å²) in [6.07, 6.45) is 0.227. The molecule has 0 unspecified atom stereocenters. The van der Waals surface area contributed by atoms with E-state index in [4.69, 9.17) is 4.74 Å². The predicted octanol–water partition coefficient (Wildman–Crippen LogP) is 4.07. The number of carbonyl (C=O) groups excluding carboxylic acids is 11. The van der Waals surface area contributed by atoms with Crippen LogP contribution in [0.4, 0.5) is 0 Å². The van der Waals surface area contributed by atoms with Crippen LogP contribution in [-0.4, -0.2) is 222 Å². The number of nitrogens with zero attached hydrogens (tertiary/aromatic N) is 7. The molecular formula is C62H110N10O12. The first-order chi connectivity index (χ1) is 38.7. The van der Waals surface area contributed by atoms with Crippen molar-refractivity contribution in [2.45, 2.75) is 217 Å². The Morgan fingerprint density at radius 1 is 0.440 bits per heavy atom. The topological polar surface area (TPSA) is 256 Å². The molecule has 22 nitrogen and oxygen atoms in total. The van der Waals surface area contributed by atoms with Crippen LogP contribution in [-0.2, 0) is 57.5 Å². The summed E-state index contributed by atoms with van der Waals surface area (Å²) in [5.41, 5.74) is 0. The van der Waals surface area contributed by atoms with Gasteiger partial charge in [0.25, 0.3) is 0 Å². The van der Waals surface area contributed by atoms with E-state index in [1.807, 2.05) is 62.3 Å². The molecule has 0 aromatic carbocycles. The lowest BCUT2D eigenvalue weighted by Crippen LogP contribution is -2.63. The molecule has 2 heterocycles. The summed E-state index contributed by atoms with van der Waals surface area (Å²) in [6.45, 7) is 30.4.